The van der Waals surface area contributed by atoms with E-state index in [2.05, 4.69) is 32.0 Å². The molecule has 2 saturated heterocycles. The van der Waals surface area contributed by atoms with Crippen molar-refractivity contribution in [1.29, 1.82) is 0 Å². The molecular formula is C31H40F4N6O2. The maximum absolute atomic E-state index is 15.9. The van der Waals surface area contributed by atoms with Gasteiger partial charge >= 0.3 is 6.18 Å². The van der Waals surface area contributed by atoms with E-state index in [-0.39, 0.29) is 17.8 Å². The zero-order chi connectivity index (χ0) is 31.1. The van der Waals surface area contributed by atoms with Gasteiger partial charge in [-0.2, -0.15) is 13.2 Å². The molecule has 2 fully saturated rings. The number of pyridine rings is 1. The van der Waals surface area contributed by atoms with Gasteiger partial charge in [0.1, 0.15) is 5.82 Å². The van der Waals surface area contributed by atoms with Crippen molar-refractivity contribution in [3.05, 3.63) is 63.3 Å². The number of anilines is 2. The number of likely N-dealkylation sites (N-methyl/N-ethyl adjacent to an activating group) is 1. The minimum Gasteiger partial charge on any atom is -0.367 e. The number of carbonyl (C=O) groups excluding carboxylic acids is 1. The van der Waals surface area contributed by atoms with Gasteiger partial charge in [0, 0.05) is 62.1 Å². The predicted octanol–water partition coefficient (Wildman–Crippen LogP) is 4.50. The fourth-order valence-electron chi connectivity index (χ4n) is 6.48. The van der Waals surface area contributed by atoms with Gasteiger partial charge in [-0.3, -0.25) is 19.4 Å². The first-order valence-corrected chi connectivity index (χ1v) is 14.9. The number of benzene rings is 1. The maximum Gasteiger partial charge on any atom is 0.417 e. The summed E-state index contributed by atoms with van der Waals surface area (Å²) in [6.07, 6.45) is 0.682. The number of carbonyl (C=O) groups is 1. The first-order valence-electron chi connectivity index (χ1n) is 14.9. The summed E-state index contributed by atoms with van der Waals surface area (Å²) < 4.78 is 57.1. The minimum atomic E-state index is -4.91. The van der Waals surface area contributed by atoms with E-state index in [9.17, 15) is 22.8 Å². The molecule has 1 aromatic heterocycles. The molecule has 0 saturated carbocycles. The molecule has 2 N–H and O–H groups in total. The van der Waals surface area contributed by atoms with Crippen molar-refractivity contribution in [2.45, 2.75) is 57.4 Å². The lowest BCUT2D eigenvalue weighted by Crippen LogP contribution is -2.55. The van der Waals surface area contributed by atoms with Crippen LogP contribution in [0.3, 0.4) is 0 Å². The minimum absolute atomic E-state index is 0.123. The van der Waals surface area contributed by atoms with E-state index < -0.39 is 34.6 Å². The number of nitrogens with zero attached hydrogens (tertiary/aromatic N) is 4. The Morgan fingerprint density at radius 1 is 1.02 bits per heavy atom. The second kappa shape index (κ2) is 12.4. The molecule has 3 aliphatic heterocycles. The molecule has 2 atom stereocenters. The van der Waals surface area contributed by atoms with Crippen LogP contribution in [0.4, 0.5) is 28.9 Å². The van der Waals surface area contributed by atoms with E-state index in [0.717, 1.165) is 44.2 Å². The average Bonchev–Trinajstić information content (AvgIpc) is 2.96. The predicted molar refractivity (Wildman–Crippen MR) is 160 cm³/mol. The molecule has 1 amide bonds. The number of piperidine rings is 1. The Balaban J connectivity index is 1.48. The first-order chi connectivity index (χ1) is 20.3. The number of H-pyrrole nitrogens is 1. The fraction of sp³-hybridized carbons (Fsp3) is 0.548. The highest BCUT2D eigenvalue weighted by molar-refractivity contribution is 6.07. The van der Waals surface area contributed by atoms with Gasteiger partial charge in [-0.05, 0) is 78.0 Å². The Morgan fingerprint density at radius 2 is 1.70 bits per heavy atom. The molecule has 43 heavy (non-hydrogen) atoms. The van der Waals surface area contributed by atoms with Crippen molar-refractivity contribution in [1.82, 2.24) is 19.7 Å². The SMILES string of the molecule is C[C@@H]1CN(c2cc(F)c(C3=CCN(C4CCN(C)CC4)CC3)cc2NC(=O)c2c[nH]c(=O)cc2C(F)(F)F)C[C@H](C)N1C. The number of hydrogen-bond donors (Lipinski definition) is 2. The van der Waals surface area contributed by atoms with E-state index in [1.165, 1.54) is 6.07 Å². The molecule has 4 heterocycles. The van der Waals surface area contributed by atoms with E-state index >= 15 is 4.39 Å². The summed E-state index contributed by atoms with van der Waals surface area (Å²) in [5.41, 5.74) is -1.24. The fourth-order valence-corrected chi connectivity index (χ4v) is 6.48. The molecule has 5 rings (SSSR count). The van der Waals surface area contributed by atoms with E-state index in [4.69, 9.17) is 0 Å². The molecule has 1 aromatic carbocycles. The summed E-state index contributed by atoms with van der Waals surface area (Å²) >= 11 is 0. The lowest BCUT2D eigenvalue weighted by atomic mass is 9.94. The number of aromatic amines is 1. The molecule has 0 unspecified atom stereocenters. The number of rotatable bonds is 5. The van der Waals surface area contributed by atoms with Gasteiger partial charge in [-0.15, -0.1) is 0 Å². The summed E-state index contributed by atoms with van der Waals surface area (Å²) in [5.74, 6) is -1.48. The van der Waals surface area contributed by atoms with Crippen LogP contribution in [0.25, 0.3) is 5.57 Å². The third-order valence-corrected chi connectivity index (χ3v) is 9.30. The van der Waals surface area contributed by atoms with E-state index in [1.807, 2.05) is 31.9 Å². The normalized spacial score (nSPS) is 23.3. The standard InChI is InChI=1S/C31H40F4N6O2/c1-19-17-41(18-20(2)39(19)4)28-15-26(32)23(21-5-11-40(12-6-21)22-7-9-38(3)10-8-22)13-27(28)37-30(43)24-16-36-29(42)14-25(24)31(33,34)35/h5,13-16,19-20,22H,6-12,17-18H2,1-4H3,(H,36,42)(H,37,43)/t19-,20+. The van der Waals surface area contributed by atoms with Crippen LogP contribution in [0.1, 0.15) is 54.6 Å². The van der Waals surface area contributed by atoms with Crippen LogP contribution in [0.2, 0.25) is 0 Å². The third kappa shape index (κ3) is 6.81. The molecule has 12 heteroatoms. The van der Waals surface area contributed by atoms with Crippen molar-refractivity contribution in [3.63, 3.8) is 0 Å². The highest BCUT2D eigenvalue weighted by Gasteiger charge is 2.36. The Hall–Kier alpha value is -3.22. The van der Waals surface area contributed by atoms with Gasteiger partial charge in [-0.1, -0.05) is 6.08 Å². The lowest BCUT2D eigenvalue weighted by Gasteiger charge is -2.44. The van der Waals surface area contributed by atoms with Gasteiger partial charge in [0.25, 0.3) is 5.91 Å². The number of halogens is 4. The van der Waals surface area contributed by atoms with Crippen molar-refractivity contribution in [3.8, 4) is 0 Å². The Labute approximate surface area is 249 Å². The third-order valence-electron chi connectivity index (χ3n) is 9.30. The van der Waals surface area contributed by atoms with Gasteiger partial charge in [-0.25, -0.2) is 4.39 Å². The maximum atomic E-state index is 15.9. The second-order valence-corrected chi connectivity index (χ2v) is 12.2. The van der Waals surface area contributed by atoms with Crippen molar-refractivity contribution < 1.29 is 22.4 Å². The van der Waals surface area contributed by atoms with Crippen molar-refractivity contribution in [2.24, 2.45) is 0 Å². The number of alkyl halides is 3. The van der Waals surface area contributed by atoms with Crippen LogP contribution < -0.4 is 15.8 Å². The van der Waals surface area contributed by atoms with Crippen LogP contribution in [0.5, 0.6) is 0 Å². The van der Waals surface area contributed by atoms with Gasteiger partial charge in [0.05, 0.1) is 22.5 Å². The molecule has 3 aliphatic rings. The summed E-state index contributed by atoms with van der Waals surface area (Å²) in [6.45, 7) is 8.74. The molecule has 0 aliphatic carbocycles. The molecular weight excluding hydrogens is 564 g/mol. The van der Waals surface area contributed by atoms with Crippen molar-refractivity contribution in [2.75, 3.05) is 63.6 Å². The zero-order valence-electron chi connectivity index (χ0n) is 25.1. The number of aromatic nitrogens is 1. The molecule has 0 bridgehead atoms. The number of likely N-dealkylation sites (tertiary alicyclic amines) is 1. The lowest BCUT2D eigenvalue weighted by molar-refractivity contribution is -0.138. The van der Waals surface area contributed by atoms with Crippen molar-refractivity contribution >= 4 is 22.9 Å². The highest BCUT2D eigenvalue weighted by atomic mass is 19.4. The van der Waals surface area contributed by atoms with Crippen LogP contribution in [0, 0.1) is 5.82 Å². The smallest absolute Gasteiger partial charge is 0.367 e. The summed E-state index contributed by atoms with van der Waals surface area (Å²) in [5, 5.41) is 2.64. The molecule has 0 radical (unpaired) electrons. The number of amides is 1. The largest absolute Gasteiger partial charge is 0.417 e. The molecule has 0 spiro atoms. The number of hydrogen-bond acceptors (Lipinski definition) is 6. The van der Waals surface area contributed by atoms with Crippen LogP contribution >= 0.6 is 0 Å². The van der Waals surface area contributed by atoms with Crippen LogP contribution in [-0.2, 0) is 6.18 Å². The summed E-state index contributed by atoms with van der Waals surface area (Å²) in [7, 11) is 4.13. The zero-order valence-corrected chi connectivity index (χ0v) is 25.1. The van der Waals surface area contributed by atoms with Crippen LogP contribution in [0.15, 0.2) is 35.3 Å². The van der Waals surface area contributed by atoms with E-state index in [0.29, 0.717) is 49.4 Å². The van der Waals surface area contributed by atoms with Gasteiger partial charge in [0.15, 0.2) is 0 Å². The summed E-state index contributed by atoms with van der Waals surface area (Å²) in [6, 6.07) is 4.04. The van der Waals surface area contributed by atoms with E-state index in [1.54, 1.807) is 6.07 Å². The molecule has 8 nitrogen and oxygen atoms in total. The quantitative estimate of drug-likeness (QED) is 0.490. The number of piperazine rings is 1. The van der Waals surface area contributed by atoms with Gasteiger partial charge in [0.2, 0.25) is 5.56 Å². The Kier molecular flexibility index (Phi) is 9.01. The summed E-state index contributed by atoms with van der Waals surface area (Å²) in [4.78, 5) is 36.1. The topological polar surface area (TPSA) is 74.9 Å². The van der Waals surface area contributed by atoms with Gasteiger partial charge < -0.3 is 20.1 Å². The molecule has 2 aromatic rings. The van der Waals surface area contributed by atoms with Crippen LogP contribution in [-0.4, -0.2) is 97.1 Å². The average molecular weight is 605 g/mol. The molecule has 234 valence electrons. The number of nitrogens with one attached hydrogen (secondary N) is 2. The monoisotopic (exact) mass is 604 g/mol. The highest BCUT2D eigenvalue weighted by Crippen LogP contribution is 2.37. The Bertz CT molecular complexity index is 1420. The second-order valence-electron chi connectivity index (χ2n) is 12.2. The Morgan fingerprint density at radius 3 is 2.30 bits per heavy atom. The first kappa shape index (κ1) is 31.2.